The van der Waals surface area contributed by atoms with E-state index in [1.807, 2.05) is 30.9 Å². The summed E-state index contributed by atoms with van der Waals surface area (Å²) in [6.45, 7) is 2.90. The average Bonchev–Trinajstić information content (AvgIpc) is 2.68. The number of hydrogen-bond acceptors (Lipinski definition) is 3. The minimum Gasteiger partial charge on any atom is -0.369 e. The first kappa shape index (κ1) is 12.1. The van der Waals surface area contributed by atoms with E-state index in [1.165, 1.54) is 5.69 Å². The second kappa shape index (κ2) is 5.31. The maximum atomic E-state index is 4.34. The standard InChI is InChI=1S/C12H15BrN4/c1-9-7-10(13)8-15-12(9)14-5-3-11-4-6-16-17(11)2/h4,6-8H,3,5H2,1-2H3,(H,14,15). The maximum absolute atomic E-state index is 4.34. The lowest BCUT2D eigenvalue weighted by Gasteiger charge is -2.08. The van der Waals surface area contributed by atoms with Crippen LogP contribution in [0.5, 0.6) is 0 Å². The van der Waals surface area contributed by atoms with Crippen molar-refractivity contribution in [3.05, 3.63) is 40.3 Å². The summed E-state index contributed by atoms with van der Waals surface area (Å²) >= 11 is 3.40. The number of hydrogen-bond donors (Lipinski definition) is 1. The fraction of sp³-hybridized carbons (Fsp3) is 0.333. The molecular weight excluding hydrogens is 280 g/mol. The Hall–Kier alpha value is -1.36. The van der Waals surface area contributed by atoms with Crippen molar-refractivity contribution < 1.29 is 0 Å². The Labute approximate surface area is 109 Å². The molecule has 0 saturated heterocycles. The van der Waals surface area contributed by atoms with Gasteiger partial charge in [0.1, 0.15) is 5.82 Å². The molecule has 0 aromatic carbocycles. The molecule has 0 unspecified atom stereocenters. The zero-order valence-corrected chi connectivity index (χ0v) is 11.5. The number of aryl methyl sites for hydroxylation is 2. The molecule has 2 aromatic rings. The van der Waals surface area contributed by atoms with E-state index in [1.54, 1.807) is 6.20 Å². The summed E-state index contributed by atoms with van der Waals surface area (Å²) in [6, 6.07) is 4.09. The van der Waals surface area contributed by atoms with Crippen LogP contribution in [-0.2, 0) is 13.5 Å². The molecule has 2 aromatic heterocycles. The van der Waals surface area contributed by atoms with Gasteiger partial charge < -0.3 is 5.32 Å². The van der Waals surface area contributed by atoms with E-state index < -0.39 is 0 Å². The molecule has 0 saturated carbocycles. The zero-order valence-electron chi connectivity index (χ0n) is 9.94. The van der Waals surface area contributed by atoms with Gasteiger partial charge in [0, 0.05) is 42.6 Å². The first-order valence-electron chi connectivity index (χ1n) is 5.49. The van der Waals surface area contributed by atoms with Gasteiger partial charge in [-0.2, -0.15) is 5.10 Å². The minimum atomic E-state index is 0.856. The summed E-state index contributed by atoms with van der Waals surface area (Å²) in [7, 11) is 1.96. The highest BCUT2D eigenvalue weighted by molar-refractivity contribution is 9.10. The summed E-state index contributed by atoms with van der Waals surface area (Å²) in [5.74, 6) is 0.940. The van der Waals surface area contributed by atoms with E-state index in [0.29, 0.717) is 0 Å². The third-order valence-electron chi connectivity index (χ3n) is 2.64. The molecule has 1 N–H and O–H groups in total. The SMILES string of the molecule is Cc1cc(Br)cnc1NCCc1ccnn1C. The third-order valence-corrected chi connectivity index (χ3v) is 3.07. The number of nitrogens with one attached hydrogen (secondary N) is 1. The molecule has 0 aliphatic carbocycles. The predicted octanol–water partition coefficient (Wildman–Crippen LogP) is 2.54. The Morgan fingerprint density at radius 2 is 2.29 bits per heavy atom. The molecule has 5 heteroatoms. The predicted molar refractivity (Wildman–Crippen MR) is 72.1 cm³/mol. The lowest BCUT2D eigenvalue weighted by molar-refractivity contribution is 0.711. The lowest BCUT2D eigenvalue weighted by atomic mass is 10.2. The van der Waals surface area contributed by atoms with Gasteiger partial charge in [-0.25, -0.2) is 4.98 Å². The molecule has 2 heterocycles. The third kappa shape index (κ3) is 3.06. The number of halogens is 1. The molecule has 0 fully saturated rings. The highest BCUT2D eigenvalue weighted by atomic mass is 79.9. The quantitative estimate of drug-likeness (QED) is 0.942. The molecule has 0 amide bonds. The van der Waals surface area contributed by atoms with E-state index in [4.69, 9.17) is 0 Å². The van der Waals surface area contributed by atoms with Crippen LogP contribution >= 0.6 is 15.9 Å². The van der Waals surface area contributed by atoms with Gasteiger partial charge in [-0.1, -0.05) is 0 Å². The van der Waals surface area contributed by atoms with Crippen molar-refractivity contribution in [2.75, 3.05) is 11.9 Å². The van der Waals surface area contributed by atoms with Crippen LogP contribution in [0.4, 0.5) is 5.82 Å². The lowest BCUT2D eigenvalue weighted by Crippen LogP contribution is -2.10. The summed E-state index contributed by atoms with van der Waals surface area (Å²) in [4.78, 5) is 4.34. The molecular formula is C12H15BrN4. The van der Waals surface area contributed by atoms with Crippen LogP contribution in [0.2, 0.25) is 0 Å². The largest absolute Gasteiger partial charge is 0.369 e. The Kier molecular flexibility index (Phi) is 3.78. The smallest absolute Gasteiger partial charge is 0.128 e. The summed E-state index contributed by atoms with van der Waals surface area (Å²) in [5, 5.41) is 7.47. The first-order valence-corrected chi connectivity index (χ1v) is 6.29. The van der Waals surface area contributed by atoms with Crippen molar-refractivity contribution in [3.8, 4) is 0 Å². The van der Waals surface area contributed by atoms with Crippen molar-refractivity contribution in [3.63, 3.8) is 0 Å². The molecule has 2 rings (SSSR count). The first-order chi connectivity index (χ1) is 8.16. The zero-order chi connectivity index (χ0) is 12.3. The van der Waals surface area contributed by atoms with E-state index in [9.17, 15) is 0 Å². The summed E-state index contributed by atoms with van der Waals surface area (Å²) < 4.78 is 2.90. The Bertz CT molecular complexity index is 507. The molecule has 0 aliphatic heterocycles. The summed E-state index contributed by atoms with van der Waals surface area (Å²) in [6.07, 6.45) is 4.56. The van der Waals surface area contributed by atoms with Crippen molar-refractivity contribution in [2.45, 2.75) is 13.3 Å². The molecule has 17 heavy (non-hydrogen) atoms. The molecule has 0 aliphatic rings. The van der Waals surface area contributed by atoms with Gasteiger partial charge in [0.15, 0.2) is 0 Å². The van der Waals surface area contributed by atoms with Crippen LogP contribution in [0.25, 0.3) is 0 Å². The fourth-order valence-electron chi connectivity index (χ4n) is 1.68. The number of nitrogens with zero attached hydrogens (tertiary/aromatic N) is 3. The second-order valence-corrected chi connectivity index (χ2v) is 4.86. The normalized spacial score (nSPS) is 10.5. The average molecular weight is 295 g/mol. The van der Waals surface area contributed by atoms with Gasteiger partial charge in [-0.3, -0.25) is 4.68 Å². The minimum absolute atomic E-state index is 0.856. The van der Waals surface area contributed by atoms with Crippen molar-refractivity contribution in [1.82, 2.24) is 14.8 Å². The van der Waals surface area contributed by atoms with Crippen molar-refractivity contribution >= 4 is 21.7 Å². The van der Waals surface area contributed by atoms with Gasteiger partial charge >= 0.3 is 0 Å². The highest BCUT2D eigenvalue weighted by Crippen LogP contribution is 2.16. The molecule has 0 radical (unpaired) electrons. The molecule has 0 atom stereocenters. The monoisotopic (exact) mass is 294 g/mol. The van der Waals surface area contributed by atoms with E-state index in [-0.39, 0.29) is 0 Å². The van der Waals surface area contributed by atoms with Crippen LogP contribution in [0.3, 0.4) is 0 Å². The van der Waals surface area contributed by atoms with Crippen LogP contribution < -0.4 is 5.32 Å². The van der Waals surface area contributed by atoms with Crippen LogP contribution in [-0.4, -0.2) is 21.3 Å². The van der Waals surface area contributed by atoms with Gasteiger partial charge in [-0.15, -0.1) is 0 Å². The Balaban J connectivity index is 1.92. The van der Waals surface area contributed by atoms with Gasteiger partial charge in [0.25, 0.3) is 0 Å². The number of anilines is 1. The van der Waals surface area contributed by atoms with Crippen molar-refractivity contribution in [2.24, 2.45) is 7.05 Å². The van der Waals surface area contributed by atoms with Crippen LogP contribution in [0.15, 0.2) is 29.0 Å². The fourth-order valence-corrected chi connectivity index (χ4v) is 2.13. The maximum Gasteiger partial charge on any atom is 0.128 e. The molecule has 90 valence electrons. The van der Waals surface area contributed by atoms with E-state index in [2.05, 4.69) is 37.4 Å². The molecule has 0 bridgehead atoms. The molecule has 0 spiro atoms. The van der Waals surface area contributed by atoms with Gasteiger partial charge in [-0.05, 0) is 40.5 Å². The van der Waals surface area contributed by atoms with Crippen molar-refractivity contribution in [1.29, 1.82) is 0 Å². The van der Waals surface area contributed by atoms with Gasteiger partial charge in [0.05, 0.1) is 0 Å². The van der Waals surface area contributed by atoms with E-state index >= 15 is 0 Å². The van der Waals surface area contributed by atoms with Crippen LogP contribution in [0, 0.1) is 6.92 Å². The Morgan fingerprint density at radius 1 is 1.47 bits per heavy atom. The van der Waals surface area contributed by atoms with Crippen LogP contribution in [0.1, 0.15) is 11.3 Å². The Morgan fingerprint density at radius 3 is 2.94 bits per heavy atom. The van der Waals surface area contributed by atoms with Gasteiger partial charge in [0.2, 0.25) is 0 Å². The molecule has 4 nitrogen and oxygen atoms in total. The number of rotatable bonds is 4. The number of aromatic nitrogens is 3. The summed E-state index contributed by atoms with van der Waals surface area (Å²) in [5.41, 5.74) is 2.36. The topological polar surface area (TPSA) is 42.7 Å². The highest BCUT2D eigenvalue weighted by Gasteiger charge is 2.01. The van der Waals surface area contributed by atoms with E-state index in [0.717, 1.165) is 28.8 Å². The second-order valence-electron chi connectivity index (χ2n) is 3.94. The number of pyridine rings is 1.